The van der Waals surface area contributed by atoms with Gasteiger partial charge in [0.25, 0.3) is 0 Å². The Morgan fingerprint density at radius 3 is 2.85 bits per heavy atom. The summed E-state index contributed by atoms with van der Waals surface area (Å²) in [6.07, 6.45) is 6.90. The molecule has 0 saturated heterocycles. The first kappa shape index (κ1) is 9.26. The first-order valence-electron chi connectivity index (χ1n) is 5.54. The molecule has 13 heavy (non-hydrogen) atoms. The summed E-state index contributed by atoms with van der Waals surface area (Å²) in [6, 6.07) is 0. The van der Waals surface area contributed by atoms with Gasteiger partial charge in [0.2, 0.25) is 0 Å². The summed E-state index contributed by atoms with van der Waals surface area (Å²) < 4.78 is 0. The summed E-state index contributed by atoms with van der Waals surface area (Å²) in [5.41, 5.74) is 0.911. The molecule has 1 heteroatoms. The fraction of sp³-hybridized carbons (Fsp3) is 0.833. The lowest BCUT2D eigenvalue weighted by molar-refractivity contribution is -0.0916. The summed E-state index contributed by atoms with van der Waals surface area (Å²) in [6.45, 7) is 6.32. The van der Waals surface area contributed by atoms with Crippen LogP contribution in [0.3, 0.4) is 0 Å². The van der Waals surface area contributed by atoms with Crippen LogP contribution in [0.1, 0.15) is 45.4 Å². The number of rotatable bonds is 0. The second-order valence-corrected chi connectivity index (χ2v) is 4.89. The van der Waals surface area contributed by atoms with E-state index in [-0.39, 0.29) is 0 Å². The third kappa shape index (κ3) is 1.34. The van der Waals surface area contributed by atoms with Gasteiger partial charge in [-0.05, 0) is 31.6 Å². The molecule has 2 saturated carbocycles. The molecule has 1 nitrogen and oxygen atoms in total. The summed E-state index contributed by atoms with van der Waals surface area (Å²) in [7, 11) is 0. The third-order valence-corrected chi connectivity index (χ3v) is 4.17. The predicted octanol–water partition coefficient (Wildman–Crippen LogP) is 2.89. The van der Waals surface area contributed by atoms with Crippen molar-refractivity contribution in [3.8, 4) is 0 Å². The molecule has 0 aliphatic heterocycles. The van der Waals surface area contributed by atoms with Gasteiger partial charge in [0.15, 0.2) is 0 Å². The van der Waals surface area contributed by atoms with Gasteiger partial charge in [0, 0.05) is 5.92 Å². The van der Waals surface area contributed by atoms with E-state index in [1.54, 1.807) is 0 Å². The molecule has 1 N–H and O–H groups in total. The molecule has 3 atom stereocenters. The van der Waals surface area contributed by atoms with Crippen LogP contribution >= 0.6 is 0 Å². The van der Waals surface area contributed by atoms with Crippen molar-refractivity contribution in [3.05, 3.63) is 12.2 Å². The van der Waals surface area contributed by atoms with Crippen LogP contribution < -0.4 is 0 Å². The van der Waals surface area contributed by atoms with E-state index in [1.165, 1.54) is 24.8 Å². The fourth-order valence-corrected chi connectivity index (χ4v) is 3.15. The van der Waals surface area contributed by atoms with Crippen molar-refractivity contribution in [3.63, 3.8) is 0 Å². The van der Waals surface area contributed by atoms with Crippen LogP contribution in [0.25, 0.3) is 0 Å². The summed E-state index contributed by atoms with van der Waals surface area (Å²) in [4.78, 5) is 0. The van der Waals surface area contributed by atoms with Gasteiger partial charge < -0.3 is 5.11 Å². The van der Waals surface area contributed by atoms with Gasteiger partial charge in [-0.3, -0.25) is 0 Å². The quantitative estimate of drug-likeness (QED) is 0.568. The summed E-state index contributed by atoms with van der Waals surface area (Å²) in [5.74, 6) is 0.883. The van der Waals surface area contributed by atoms with Gasteiger partial charge in [-0.1, -0.05) is 31.9 Å². The van der Waals surface area contributed by atoms with Gasteiger partial charge in [0.1, 0.15) is 0 Å². The maximum Gasteiger partial charge on any atom is 0.0738 e. The van der Waals surface area contributed by atoms with E-state index in [4.69, 9.17) is 0 Å². The Hall–Kier alpha value is -0.300. The first-order chi connectivity index (χ1) is 6.14. The molecule has 0 heterocycles. The molecular formula is C12H20O. The Morgan fingerprint density at radius 2 is 2.15 bits per heavy atom. The van der Waals surface area contributed by atoms with Gasteiger partial charge in [-0.25, -0.2) is 0 Å². The zero-order valence-corrected chi connectivity index (χ0v) is 8.55. The lowest BCUT2D eigenvalue weighted by atomic mass is 9.61. The largest absolute Gasteiger partial charge is 0.389 e. The highest BCUT2D eigenvalue weighted by Crippen LogP contribution is 2.48. The molecule has 0 bridgehead atoms. The molecule has 0 radical (unpaired) electrons. The van der Waals surface area contributed by atoms with Crippen molar-refractivity contribution >= 4 is 0 Å². The molecule has 0 aromatic carbocycles. The molecule has 3 unspecified atom stereocenters. The van der Waals surface area contributed by atoms with Crippen LogP contribution in [0.5, 0.6) is 0 Å². The molecule has 0 amide bonds. The van der Waals surface area contributed by atoms with Crippen molar-refractivity contribution in [2.24, 2.45) is 11.8 Å². The number of hydrogen-bond acceptors (Lipinski definition) is 1. The third-order valence-electron chi connectivity index (χ3n) is 4.17. The Kier molecular flexibility index (Phi) is 2.23. The average Bonchev–Trinajstić information content (AvgIpc) is 2.12. The predicted molar refractivity (Wildman–Crippen MR) is 54.4 cm³/mol. The molecule has 0 spiro atoms. The van der Waals surface area contributed by atoms with Gasteiger partial charge in [-0.2, -0.15) is 0 Å². The van der Waals surface area contributed by atoms with Crippen molar-refractivity contribution < 1.29 is 5.11 Å². The molecular weight excluding hydrogens is 160 g/mol. The minimum Gasteiger partial charge on any atom is -0.389 e. The van der Waals surface area contributed by atoms with Crippen molar-refractivity contribution in [2.45, 2.75) is 51.0 Å². The van der Waals surface area contributed by atoms with Crippen LogP contribution in [-0.2, 0) is 0 Å². The van der Waals surface area contributed by atoms with E-state index in [1.807, 2.05) is 0 Å². The molecule has 2 rings (SSSR count). The zero-order chi connectivity index (χ0) is 9.47. The van der Waals surface area contributed by atoms with E-state index in [0.717, 1.165) is 19.3 Å². The normalized spacial score (nSPS) is 45.8. The number of hydrogen-bond donors (Lipinski definition) is 1. The molecule has 0 aromatic rings. The van der Waals surface area contributed by atoms with Crippen molar-refractivity contribution in [1.82, 2.24) is 0 Å². The van der Waals surface area contributed by atoms with Gasteiger partial charge in [0.05, 0.1) is 5.60 Å². The highest BCUT2D eigenvalue weighted by atomic mass is 16.3. The van der Waals surface area contributed by atoms with Gasteiger partial charge >= 0.3 is 0 Å². The van der Waals surface area contributed by atoms with E-state index < -0.39 is 5.60 Å². The summed E-state index contributed by atoms with van der Waals surface area (Å²) in [5, 5.41) is 10.6. The van der Waals surface area contributed by atoms with Crippen LogP contribution in [0.4, 0.5) is 0 Å². The molecule has 2 aliphatic rings. The highest BCUT2D eigenvalue weighted by Gasteiger charge is 2.46. The molecule has 2 aliphatic carbocycles. The van der Waals surface area contributed by atoms with Crippen molar-refractivity contribution in [1.29, 1.82) is 0 Å². The maximum absolute atomic E-state index is 10.6. The number of fused-ring (bicyclic) bond motifs is 1. The van der Waals surface area contributed by atoms with E-state index >= 15 is 0 Å². The van der Waals surface area contributed by atoms with Crippen LogP contribution in [0.15, 0.2) is 12.2 Å². The van der Waals surface area contributed by atoms with E-state index in [0.29, 0.717) is 11.8 Å². The lowest BCUT2D eigenvalue weighted by Crippen LogP contribution is -2.49. The molecule has 74 valence electrons. The van der Waals surface area contributed by atoms with Gasteiger partial charge in [-0.15, -0.1) is 0 Å². The number of aliphatic hydroxyl groups is 1. The zero-order valence-electron chi connectivity index (χ0n) is 8.55. The Balaban J connectivity index is 2.24. The van der Waals surface area contributed by atoms with E-state index in [2.05, 4.69) is 13.5 Å². The fourth-order valence-electron chi connectivity index (χ4n) is 3.15. The van der Waals surface area contributed by atoms with Crippen molar-refractivity contribution in [2.75, 3.05) is 0 Å². The Bertz CT molecular complexity index is 221. The molecule has 2 fully saturated rings. The first-order valence-corrected chi connectivity index (χ1v) is 5.54. The minimum absolute atomic E-state index is 0.395. The average molecular weight is 180 g/mol. The van der Waals surface area contributed by atoms with Crippen LogP contribution in [0, 0.1) is 11.8 Å². The summed E-state index contributed by atoms with van der Waals surface area (Å²) >= 11 is 0. The topological polar surface area (TPSA) is 20.2 Å². The van der Waals surface area contributed by atoms with Crippen LogP contribution in [0.2, 0.25) is 0 Å². The second-order valence-electron chi connectivity index (χ2n) is 4.89. The monoisotopic (exact) mass is 180 g/mol. The smallest absolute Gasteiger partial charge is 0.0738 e. The maximum atomic E-state index is 10.6. The minimum atomic E-state index is -0.395. The Morgan fingerprint density at radius 1 is 1.38 bits per heavy atom. The SMILES string of the molecule is C=C1CCC(C)C2(O)CCCCC12. The standard InChI is InChI=1S/C12H20O/c1-9-6-7-10(2)12(13)8-4-3-5-11(9)12/h10-11,13H,1,3-8H2,2H3. The van der Waals surface area contributed by atoms with Crippen LogP contribution in [-0.4, -0.2) is 10.7 Å². The second kappa shape index (κ2) is 3.13. The molecule has 0 aromatic heterocycles. The Labute approximate surface area is 80.8 Å². The van der Waals surface area contributed by atoms with E-state index in [9.17, 15) is 5.11 Å². The highest BCUT2D eigenvalue weighted by molar-refractivity contribution is 5.15. The lowest BCUT2D eigenvalue weighted by Gasteiger charge is -2.48.